The molecule has 2 rings (SSSR count). The molecule has 0 amide bonds. The van der Waals surface area contributed by atoms with Crippen molar-refractivity contribution < 1.29 is 0 Å². The molecule has 1 aromatic carbocycles. The molecule has 0 spiro atoms. The lowest BCUT2D eigenvalue weighted by atomic mass is 9.81. The van der Waals surface area contributed by atoms with Crippen molar-refractivity contribution in [1.82, 2.24) is 0 Å². The van der Waals surface area contributed by atoms with Crippen LogP contribution in [-0.4, -0.2) is 0 Å². The quantitative estimate of drug-likeness (QED) is 0.694. The molecule has 1 aromatic rings. The smallest absolute Gasteiger partial charge is 0.0207 e. The molecule has 16 heavy (non-hydrogen) atoms. The third kappa shape index (κ3) is 2.89. The average molecular weight is 300 g/mol. The SMILES string of the molecule is Cl/C=C1\CCCCC1Cc1ccccc1Br. The summed E-state index contributed by atoms with van der Waals surface area (Å²) in [6.45, 7) is 0. The molecule has 1 atom stereocenters. The fourth-order valence-electron chi connectivity index (χ4n) is 2.42. The molecule has 0 heterocycles. The van der Waals surface area contributed by atoms with Gasteiger partial charge >= 0.3 is 0 Å². The summed E-state index contributed by atoms with van der Waals surface area (Å²) >= 11 is 9.52. The lowest BCUT2D eigenvalue weighted by molar-refractivity contribution is 0.451. The third-order valence-corrected chi connectivity index (χ3v) is 4.41. The van der Waals surface area contributed by atoms with E-state index in [2.05, 4.69) is 40.2 Å². The summed E-state index contributed by atoms with van der Waals surface area (Å²) in [7, 11) is 0. The second kappa shape index (κ2) is 5.88. The molecule has 1 unspecified atom stereocenters. The summed E-state index contributed by atoms with van der Waals surface area (Å²) in [5.74, 6) is 0.643. The first-order valence-electron chi connectivity index (χ1n) is 5.84. The minimum Gasteiger partial charge on any atom is -0.0930 e. The van der Waals surface area contributed by atoms with Crippen molar-refractivity contribution in [2.75, 3.05) is 0 Å². The third-order valence-electron chi connectivity index (χ3n) is 3.36. The van der Waals surface area contributed by atoms with Crippen LogP contribution >= 0.6 is 27.5 Å². The van der Waals surface area contributed by atoms with Gasteiger partial charge in [-0.25, -0.2) is 0 Å². The highest BCUT2D eigenvalue weighted by atomic mass is 79.9. The normalized spacial score (nSPS) is 23.6. The van der Waals surface area contributed by atoms with Crippen LogP contribution in [0.4, 0.5) is 0 Å². The van der Waals surface area contributed by atoms with Gasteiger partial charge in [-0.15, -0.1) is 0 Å². The molecule has 0 aliphatic heterocycles. The van der Waals surface area contributed by atoms with Crippen molar-refractivity contribution in [2.45, 2.75) is 32.1 Å². The Morgan fingerprint density at radius 1 is 1.31 bits per heavy atom. The van der Waals surface area contributed by atoms with E-state index >= 15 is 0 Å². The molecule has 0 nitrogen and oxygen atoms in total. The second-order valence-electron chi connectivity index (χ2n) is 4.42. The average Bonchev–Trinajstić information content (AvgIpc) is 2.33. The van der Waals surface area contributed by atoms with Crippen LogP contribution in [0.1, 0.15) is 31.2 Å². The first-order chi connectivity index (χ1) is 7.81. The Bertz CT molecular complexity index is 384. The van der Waals surface area contributed by atoms with Gasteiger partial charge < -0.3 is 0 Å². The molecule has 1 fully saturated rings. The Morgan fingerprint density at radius 3 is 2.88 bits per heavy atom. The van der Waals surface area contributed by atoms with Gasteiger partial charge in [0.1, 0.15) is 0 Å². The molecular weight excluding hydrogens is 284 g/mol. The molecule has 0 N–H and O–H groups in total. The minimum absolute atomic E-state index is 0.643. The summed E-state index contributed by atoms with van der Waals surface area (Å²) in [5.41, 5.74) is 4.63. The van der Waals surface area contributed by atoms with Gasteiger partial charge in [0.05, 0.1) is 0 Å². The van der Waals surface area contributed by atoms with Crippen LogP contribution < -0.4 is 0 Å². The molecule has 1 saturated carbocycles. The zero-order valence-corrected chi connectivity index (χ0v) is 11.6. The molecular formula is C14H16BrCl. The van der Waals surface area contributed by atoms with Crippen molar-refractivity contribution in [3.05, 3.63) is 45.4 Å². The highest BCUT2D eigenvalue weighted by Gasteiger charge is 2.19. The standard InChI is InChI=1S/C14H16BrCl/c15-14-8-4-3-6-12(14)9-11-5-1-2-7-13(11)10-16/h3-4,6,8,10-11H,1-2,5,7,9H2/b13-10+. The largest absolute Gasteiger partial charge is 0.0930 e. The van der Waals surface area contributed by atoms with Crippen molar-refractivity contribution in [3.8, 4) is 0 Å². The molecule has 1 aliphatic carbocycles. The molecule has 0 aromatic heterocycles. The maximum atomic E-state index is 5.91. The fourth-order valence-corrected chi connectivity index (χ4v) is 3.15. The molecule has 1 aliphatic rings. The fraction of sp³-hybridized carbons (Fsp3) is 0.429. The van der Waals surface area contributed by atoms with Crippen molar-refractivity contribution in [3.63, 3.8) is 0 Å². The van der Waals surface area contributed by atoms with Gasteiger partial charge in [-0.2, -0.15) is 0 Å². The van der Waals surface area contributed by atoms with E-state index in [0.29, 0.717) is 5.92 Å². The zero-order chi connectivity index (χ0) is 11.4. The van der Waals surface area contributed by atoms with Gasteiger partial charge in [0.15, 0.2) is 0 Å². The van der Waals surface area contributed by atoms with E-state index in [1.54, 1.807) is 5.54 Å². The molecule has 86 valence electrons. The Kier molecular flexibility index (Phi) is 4.48. The molecule has 0 saturated heterocycles. The number of benzene rings is 1. The maximum absolute atomic E-state index is 5.91. The first kappa shape index (κ1) is 12.2. The number of hydrogen-bond donors (Lipinski definition) is 0. The Balaban J connectivity index is 2.11. The number of allylic oxidation sites excluding steroid dienone is 1. The molecule has 2 heteroatoms. The van der Waals surface area contributed by atoms with E-state index in [1.807, 2.05) is 0 Å². The summed E-state index contributed by atoms with van der Waals surface area (Å²) in [5, 5.41) is 0. The summed E-state index contributed by atoms with van der Waals surface area (Å²) in [6.07, 6.45) is 6.20. The van der Waals surface area contributed by atoms with Gasteiger partial charge in [0.2, 0.25) is 0 Å². The monoisotopic (exact) mass is 298 g/mol. The van der Waals surface area contributed by atoms with E-state index < -0.39 is 0 Å². The molecule has 0 radical (unpaired) electrons. The number of hydrogen-bond acceptors (Lipinski definition) is 0. The maximum Gasteiger partial charge on any atom is 0.0207 e. The predicted molar refractivity (Wildman–Crippen MR) is 73.7 cm³/mol. The van der Waals surface area contributed by atoms with E-state index in [4.69, 9.17) is 11.6 Å². The van der Waals surface area contributed by atoms with E-state index in [0.717, 1.165) is 6.42 Å². The van der Waals surface area contributed by atoms with Crippen LogP contribution in [0.5, 0.6) is 0 Å². The van der Waals surface area contributed by atoms with Gasteiger partial charge in [-0.3, -0.25) is 0 Å². The Labute approximate surface area is 111 Å². The Morgan fingerprint density at radius 2 is 2.12 bits per heavy atom. The van der Waals surface area contributed by atoms with E-state index in [1.165, 1.54) is 41.3 Å². The predicted octanol–water partition coefficient (Wildman–Crippen LogP) is 5.30. The lowest BCUT2D eigenvalue weighted by Crippen LogP contribution is -2.12. The van der Waals surface area contributed by atoms with Crippen molar-refractivity contribution >= 4 is 27.5 Å². The van der Waals surface area contributed by atoms with Gasteiger partial charge in [0.25, 0.3) is 0 Å². The lowest BCUT2D eigenvalue weighted by Gasteiger charge is -2.25. The van der Waals surface area contributed by atoms with Crippen molar-refractivity contribution in [1.29, 1.82) is 0 Å². The summed E-state index contributed by atoms with van der Waals surface area (Å²) in [6, 6.07) is 8.48. The van der Waals surface area contributed by atoms with Crippen LogP contribution in [0, 0.1) is 5.92 Å². The van der Waals surface area contributed by atoms with Crippen molar-refractivity contribution in [2.24, 2.45) is 5.92 Å². The van der Waals surface area contributed by atoms with Crippen LogP contribution in [0.15, 0.2) is 39.8 Å². The second-order valence-corrected chi connectivity index (χ2v) is 5.49. The number of rotatable bonds is 2. The van der Waals surface area contributed by atoms with Crippen LogP contribution in [0.3, 0.4) is 0 Å². The van der Waals surface area contributed by atoms with Crippen LogP contribution in [0.25, 0.3) is 0 Å². The zero-order valence-electron chi connectivity index (χ0n) is 9.26. The first-order valence-corrected chi connectivity index (χ1v) is 7.06. The van der Waals surface area contributed by atoms with Gasteiger partial charge in [-0.05, 0) is 43.2 Å². The Hall–Kier alpha value is -0.270. The highest BCUT2D eigenvalue weighted by molar-refractivity contribution is 9.10. The van der Waals surface area contributed by atoms with Crippen LogP contribution in [0.2, 0.25) is 0 Å². The summed E-state index contributed by atoms with van der Waals surface area (Å²) in [4.78, 5) is 0. The highest BCUT2D eigenvalue weighted by Crippen LogP contribution is 2.33. The topological polar surface area (TPSA) is 0 Å². The summed E-state index contributed by atoms with van der Waals surface area (Å²) < 4.78 is 1.22. The van der Waals surface area contributed by atoms with Crippen LogP contribution in [-0.2, 0) is 6.42 Å². The van der Waals surface area contributed by atoms with E-state index in [-0.39, 0.29) is 0 Å². The molecule has 0 bridgehead atoms. The minimum atomic E-state index is 0.643. The number of halogens is 2. The van der Waals surface area contributed by atoms with Gasteiger partial charge in [0, 0.05) is 10.0 Å². The van der Waals surface area contributed by atoms with E-state index in [9.17, 15) is 0 Å². The van der Waals surface area contributed by atoms with Gasteiger partial charge in [-0.1, -0.05) is 57.7 Å².